The van der Waals surface area contributed by atoms with E-state index in [1.165, 1.54) is 42.7 Å². The summed E-state index contributed by atoms with van der Waals surface area (Å²) in [6.45, 7) is 1.09. The molecule has 0 atom stereocenters. The molecular formula is C20H16N2O6S. The number of amides is 2. The van der Waals surface area contributed by atoms with Crippen LogP contribution in [0.4, 0.5) is 5.69 Å². The fraction of sp³-hybridized carbons (Fsp3) is 0.0500. The van der Waals surface area contributed by atoms with E-state index in [1.54, 1.807) is 24.3 Å². The van der Waals surface area contributed by atoms with Crippen LogP contribution in [0.3, 0.4) is 0 Å². The van der Waals surface area contributed by atoms with Gasteiger partial charge in [0, 0.05) is 18.7 Å². The van der Waals surface area contributed by atoms with Gasteiger partial charge in [-0.2, -0.15) is 0 Å². The van der Waals surface area contributed by atoms with Crippen LogP contribution >= 0.6 is 0 Å². The number of hydrogen-bond donors (Lipinski definition) is 2. The SMILES string of the molecule is CC(=O)NS(=O)(=O)c1ccc(NC(=O)/C=C/c2coc3ccccc3c2=O)cc1. The van der Waals surface area contributed by atoms with Gasteiger partial charge >= 0.3 is 0 Å². The van der Waals surface area contributed by atoms with Gasteiger partial charge in [0.15, 0.2) is 5.43 Å². The molecule has 0 aliphatic heterocycles. The van der Waals surface area contributed by atoms with Gasteiger partial charge in [0.2, 0.25) is 11.8 Å². The zero-order valence-corrected chi connectivity index (χ0v) is 16.0. The maximum absolute atomic E-state index is 12.4. The molecule has 1 aromatic heterocycles. The van der Waals surface area contributed by atoms with Gasteiger partial charge in [0.1, 0.15) is 11.8 Å². The fourth-order valence-corrected chi connectivity index (χ4v) is 3.51. The minimum absolute atomic E-state index is 0.116. The largest absolute Gasteiger partial charge is 0.463 e. The molecule has 29 heavy (non-hydrogen) atoms. The first-order chi connectivity index (χ1) is 13.8. The smallest absolute Gasteiger partial charge is 0.264 e. The molecule has 2 N–H and O–H groups in total. The third-order valence-corrected chi connectivity index (χ3v) is 5.28. The second-order valence-electron chi connectivity index (χ2n) is 6.02. The molecule has 0 bridgehead atoms. The number of hydrogen-bond acceptors (Lipinski definition) is 6. The van der Waals surface area contributed by atoms with Gasteiger partial charge in [0.25, 0.3) is 10.0 Å². The van der Waals surface area contributed by atoms with Crippen molar-refractivity contribution >= 4 is 44.6 Å². The van der Waals surface area contributed by atoms with Crippen LogP contribution in [0.5, 0.6) is 0 Å². The highest BCUT2D eigenvalue weighted by molar-refractivity contribution is 7.90. The second kappa shape index (κ2) is 8.11. The van der Waals surface area contributed by atoms with Gasteiger partial charge in [-0.05, 0) is 42.5 Å². The van der Waals surface area contributed by atoms with Gasteiger partial charge < -0.3 is 9.73 Å². The Bertz CT molecular complexity index is 1270. The maximum atomic E-state index is 12.4. The summed E-state index contributed by atoms with van der Waals surface area (Å²) in [5.41, 5.74) is 0.749. The molecule has 9 heteroatoms. The highest BCUT2D eigenvalue weighted by atomic mass is 32.2. The highest BCUT2D eigenvalue weighted by Crippen LogP contribution is 2.14. The topological polar surface area (TPSA) is 123 Å². The second-order valence-corrected chi connectivity index (χ2v) is 7.71. The van der Waals surface area contributed by atoms with E-state index in [0.717, 1.165) is 6.92 Å². The number of anilines is 1. The molecule has 3 aromatic rings. The van der Waals surface area contributed by atoms with E-state index in [-0.39, 0.29) is 15.9 Å². The number of fused-ring (bicyclic) bond motifs is 1. The van der Waals surface area contributed by atoms with Crippen LogP contribution in [-0.2, 0) is 19.6 Å². The number of carbonyl (C=O) groups excluding carboxylic acids is 2. The highest BCUT2D eigenvalue weighted by Gasteiger charge is 2.15. The van der Waals surface area contributed by atoms with Crippen molar-refractivity contribution in [3.05, 3.63) is 76.7 Å². The first-order valence-electron chi connectivity index (χ1n) is 8.39. The summed E-state index contributed by atoms with van der Waals surface area (Å²) >= 11 is 0. The summed E-state index contributed by atoms with van der Waals surface area (Å²) in [6.07, 6.45) is 3.78. The van der Waals surface area contributed by atoms with Crippen molar-refractivity contribution < 1.29 is 22.4 Å². The lowest BCUT2D eigenvalue weighted by molar-refractivity contribution is -0.117. The van der Waals surface area contributed by atoms with Gasteiger partial charge in [0.05, 0.1) is 15.8 Å². The van der Waals surface area contributed by atoms with Crippen LogP contribution in [0.15, 0.2) is 75.0 Å². The van der Waals surface area contributed by atoms with Gasteiger partial charge in [-0.15, -0.1) is 0 Å². The quantitative estimate of drug-likeness (QED) is 0.620. The zero-order valence-electron chi connectivity index (χ0n) is 15.2. The molecule has 0 aliphatic rings. The summed E-state index contributed by atoms with van der Waals surface area (Å²) in [5.74, 6) is -1.22. The van der Waals surface area contributed by atoms with Gasteiger partial charge in [-0.3, -0.25) is 14.4 Å². The van der Waals surface area contributed by atoms with Crippen molar-refractivity contribution in [2.24, 2.45) is 0 Å². The van der Waals surface area contributed by atoms with Crippen molar-refractivity contribution in [2.45, 2.75) is 11.8 Å². The molecule has 0 unspecified atom stereocenters. The Kier molecular flexibility index (Phi) is 5.60. The number of nitrogens with one attached hydrogen (secondary N) is 2. The summed E-state index contributed by atoms with van der Waals surface area (Å²) in [4.78, 5) is 35.3. The Balaban J connectivity index is 1.72. The molecule has 0 spiro atoms. The molecule has 3 rings (SSSR count). The third kappa shape index (κ3) is 4.77. The standard InChI is InChI=1S/C20H16N2O6S/c1-13(23)22-29(26,27)16-9-7-15(8-10-16)21-19(24)11-6-14-12-28-18-5-3-2-4-17(18)20(14)25/h2-12H,1H3,(H,21,24)(H,22,23)/b11-6+. The number of sulfonamides is 1. The Morgan fingerprint density at radius 2 is 1.72 bits per heavy atom. The van der Waals surface area contributed by atoms with E-state index >= 15 is 0 Å². The lowest BCUT2D eigenvalue weighted by Gasteiger charge is -2.06. The van der Waals surface area contributed by atoms with E-state index in [1.807, 2.05) is 4.72 Å². The number of carbonyl (C=O) groups is 2. The van der Waals surface area contributed by atoms with Crippen LogP contribution in [-0.4, -0.2) is 20.2 Å². The number of rotatable bonds is 5. The zero-order chi connectivity index (χ0) is 21.0. The average molecular weight is 412 g/mol. The van der Waals surface area contributed by atoms with Crippen molar-refractivity contribution in [3.63, 3.8) is 0 Å². The van der Waals surface area contributed by atoms with Crippen LogP contribution in [0.2, 0.25) is 0 Å². The summed E-state index contributed by atoms with van der Waals surface area (Å²) in [6, 6.07) is 12.0. The summed E-state index contributed by atoms with van der Waals surface area (Å²) in [5, 5.41) is 2.96. The molecule has 0 aliphatic carbocycles. The molecule has 148 valence electrons. The van der Waals surface area contributed by atoms with Crippen LogP contribution in [0.25, 0.3) is 17.0 Å². The first kappa shape index (κ1) is 20.0. The maximum Gasteiger partial charge on any atom is 0.264 e. The van der Waals surface area contributed by atoms with Crippen LogP contribution in [0, 0.1) is 0 Å². The molecule has 0 saturated heterocycles. The van der Waals surface area contributed by atoms with Crippen molar-refractivity contribution in [3.8, 4) is 0 Å². The lowest BCUT2D eigenvalue weighted by atomic mass is 10.1. The minimum Gasteiger partial charge on any atom is -0.463 e. The average Bonchev–Trinajstić information content (AvgIpc) is 2.67. The Labute approximate surface area is 165 Å². The molecule has 0 saturated carbocycles. The van der Waals surface area contributed by atoms with Crippen molar-refractivity contribution in [2.75, 3.05) is 5.32 Å². The fourth-order valence-electron chi connectivity index (χ4n) is 2.52. The third-order valence-electron chi connectivity index (χ3n) is 3.83. The van der Waals surface area contributed by atoms with E-state index in [4.69, 9.17) is 4.42 Å². The summed E-state index contributed by atoms with van der Waals surface area (Å²) < 4.78 is 31.0. The number of benzene rings is 2. The van der Waals surface area contributed by atoms with E-state index < -0.39 is 21.8 Å². The predicted molar refractivity (Wildman–Crippen MR) is 108 cm³/mol. The Morgan fingerprint density at radius 3 is 2.41 bits per heavy atom. The van der Waals surface area contributed by atoms with Crippen molar-refractivity contribution in [1.82, 2.24) is 4.72 Å². The normalized spacial score (nSPS) is 11.5. The van der Waals surface area contributed by atoms with E-state index in [2.05, 4.69) is 5.32 Å². The van der Waals surface area contributed by atoms with Gasteiger partial charge in [-0.25, -0.2) is 13.1 Å². The Hall–Kier alpha value is -3.72. The molecule has 1 heterocycles. The molecule has 2 aromatic carbocycles. The lowest BCUT2D eigenvalue weighted by Crippen LogP contribution is -2.28. The monoisotopic (exact) mass is 412 g/mol. The van der Waals surface area contributed by atoms with Crippen LogP contribution < -0.4 is 15.5 Å². The molecule has 0 fully saturated rings. The van der Waals surface area contributed by atoms with Crippen molar-refractivity contribution in [1.29, 1.82) is 0 Å². The summed E-state index contributed by atoms with van der Waals surface area (Å²) in [7, 11) is -3.95. The Morgan fingerprint density at radius 1 is 1.03 bits per heavy atom. The molecular weight excluding hydrogens is 396 g/mol. The molecule has 8 nitrogen and oxygen atoms in total. The molecule has 0 radical (unpaired) electrons. The van der Waals surface area contributed by atoms with Gasteiger partial charge in [-0.1, -0.05) is 12.1 Å². The molecule has 2 amide bonds. The first-order valence-corrected chi connectivity index (χ1v) is 9.88. The number of para-hydroxylation sites is 1. The van der Waals surface area contributed by atoms with Crippen LogP contribution in [0.1, 0.15) is 12.5 Å². The van der Waals surface area contributed by atoms with E-state index in [9.17, 15) is 22.8 Å². The van der Waals surface area contributed by atoms with E-state index in [0.29, 0.717) is 16.7 Å². The predicted octanol–water partition coefficient (Wildman–Crippen LogP) is 2.27. The minimum atomic E-state index is -3.95.